The van der Waals surface area contributed by atoms with E-state index in [-0.39, 0.29) is 12.0 Å². The minimum absolute atomic E-state index is 0.178. The van der Waals surface area contributed by atoms with E-state index in [2.05, 4.69) is 29.0 Å². The highest BCUT2D eigenvalue weighted by molar-refractivity contribution is 5.77. The lowest BCUT2D eigenvalue weighted by Gasteiger charge is -2.47. The molecule has 2 unspecified atom stereocenters. The third kappa shape index (κ3) is 1.64. The summed E-state index contributed by atoms with van der Waals surface area (Å²) in [4.78, 5) is 15.7. The number of rotatable bonds is 2. The van der Waals surface area contributed by atoms with Gasteiger partial charge in [-0.3, -0.25) is 4.79 Å². The van der Waals surface area contributed by atoms with Gasteiger partial charge in [-0.2, -0.15) is 0 Å². The maximum absolute atomic E-state index is 11.2. The fraction of sp³-hybridized carbons (Fsp3) is 0.500. The Morgan fingerprint density at radius 1 is 1.22 bits per heavy atom. The summed E-state index contributed by atoms with van der Waals surface area (Å²) in [5, 5.41) is 9.20. The van der Waals surface area contributed by atoms with Crippen molar-refractivity contribution >= 4 is 17.3 Å². The Morgan fingerprint density at radius 2 is 1.94 bits per heavy atom. The van der Waals surface area contributed by atoms with E-state index >= 15 is 0 Å². The topological polar surface area (TPSA) is 43.8 Å². The SMILES string of the molecule is CN1CCN(C2CCC2C(=O)O)c2ccccc21. The number of carboxylic acids is 1. The molecule has 0 saturated heterocycles. The van der Waals surface area contributed by atoms with Crippen LogP contribution in [-0.2, 0) is 4.79 Å². The van der Waals surface area contributed by atoms with E-state index in [0.29, 0.717) is 0 Å². The lowest BCUT2D eigenvalue weighted by atomic mass is 9.78. The summed E-state index contributed by atoms with van der Waals surface area (Å²) >= 11 is 0. The Kier molecular flexibility index (Phi) is 2.65. The van der Waals surface area contributed by atoms with Gasteiger partial charge in [0, 0.05) is 26.2 Å². The molecule has 1 heterocycles. The van der Waals surface area contributed by atoms with Crippen LogP contribution in [-0.4, -0.2) is 37.3 Å². The molecule has 2 atom stereocenters. The first kappa shape index (κ1) is 11.4. The average molecular weight is 246 g/mol. The third-order valence-electron chi connectivity index (χ3n) is 4.23. The average Bonchev–Trinajstić information content (AvgIpc) is 2.31. The molecule has 0 radical (unpaired) electrons. The molecule has 0 bridgehead atoms. The highest BCUT2D eigenvalue weighted by Crippen LogP contribution is 2.40. The van der Waals surface area contributed by atoms with Crippen molar-refractivity contribution in [2.45, 2.75) is 18.9 Å². The van der Waals surface area contributed by atoms with Crippen molar-refractivity contribution < 1.29 is 9.90 Å². The Bertz CT molecular complexity index is 475. The van der Waals surface area contributed by atoms with E-state index < -0.39 is 5.97 Å². The molecule has 1 aromatic rings. The van der Waals surface area contributed by atoms with Gasteiger partial charge in [0.1, 0.15) is 0 Å². The minimum Gasteiger partial charge on any atom is -0.481 e. The second-order valence-corrected chi connectivity index (χ2v) is 5.19. The van der Waals surface area contributed by atoms with Gasteiger partial charge in [0.05, 0.1) is 17.3 Å². The van der Waals surface area contributed by atoms with Crippen LogP contribution in [0.4, 0.5) is 11.4 Å². The Labute approximate surface area is 107 Å². The lowest BCUT2D eigenvalue weighted by Crippen LogP contribution is -2.54. The zero-order valence-electron chi connectivity index (χ0n) is 10.5. The van der Waals surface area contributed by atoms with Crippen molar-refractivity contribution in [1.29, 1.82) is 0 Å². The van der Waals surface area contributed by atoms with E-state index in [9.17, 15) is 9.90 Å². The van der Waals surface area contributed by atoms with Crippen molar-refractivity contribution in [1.82, 2.24) is 0 Å². The molecule has 18 heavy (non-hydrogen) atoms. The van der Waals surface area contributed by atoms with Crippen molar-refractivity contribution in [3.63, 3.8) is 0 Å². The van der Waals surface area contributed by atoms with Crippen molar-refractivity contribution in [2.75, 3.05) is 29.9 Å². The molecule has 0 aromatic heterocycles. The number of aliphatic carboxylic acids is 1. The van der Waals surface area contributed by atoms with Crippen LogP contribution in [0.3, 0.4) is 0 Å². The van der Waals surface area contributed by atoms with Crippen LogP contribution in [0.5, 0.6) is 0 Å². The number of nitrogens with zero attached hydrogens (tertiary/aromatic N) is 2. The Hall–Kier alpha value is -1.71. The second-order valence-electron chi connectivity index (χ2n) is 5.19. The molecule has 1 aliphatic heterocycles. The fourth-order valence-corrected chi connectivity index (χ4v) is 3.02. The molecule has 1 fully saturated rings. The summed E-state index contributed by atoms with van der Waals surface area (Å²) in [6.45, 7) is 1.88. The first-order valence-electron chi connectivity index (χ1n) is 6.48. The number of hydrogen-bond acceptors (Lipinski definition) is 3. The van der Waals surface area contributed by atoms with Crippen molar-refractivity contribution in [3.05, 3.63) is 24.3 Å². The van der Waals surface area contributed by atoms with E-state index in [1.54, 1.807) is 0 Å². The van der Waals surface area contributed by atoms with E-state index in [1.807, 2.05) is 12.1 Å². The van der Waals surface area contributed by atoms with Crippen LogP contribution < -0.4 is 9.80 Å². The van der Waals surface area contributed by atoms with E-state index in [0.717, 1.165) is 25.9 Å². The standard InChI is InChI=1S/C14H18N2O2/c1-15-8-9-16(11-7-6-10(11)14(17)18)13-5-3-2-4-12(13)15/h2-5,10-11H,6-9H2,1H3,(H,17,18). The van der Waals surface area contributed by atoms with Gasteiger partial charge in [-0.25, -0.2) is 0 Å². The molecule has 1 aromatic carbocycles. The van der Waals surface area contributed by atoms with Crippen molar-refractivity contribution in [2.24, 2.45) is 5.92 Å². The number of carbonyl (C=O) groups is 1. The summed E-state index contributed by atoms with van der Waals surface area (Å²) in [7, 11) is 2.09. The summed E-state index contributed by atoms with van der Waals surface area (Å²) in [5.41, 5.74) is 2.39. The van der Waals surface area contributed by atoms with Gasteiger partial charge in [0.2, 0.25) is 0 Å². The van der Waals surface area contributed by atoms with Gasteiger partial charge in [-0.15, -0.1) is 0 Å². The van der Waals surface area contributed by atoms with E-state index in [4.69, 9.17) is 0 Å². The van der Waals surface area contributed by atoms with Gasteiger partial charge in [0.25, 0.3) is 0 Å². The third-order valence-corrected chi connectivity index (χ3v) is 4.23. The quantitative estimate of drug-likeness (QED) is 0.864. The zero-order valence-corrected chi connectivity index (χ0v) is 10.5. The number of fused-ring (bicyclic) bond motifs is 1. The van der Waals surface area contributed by atoms with Crippen LogP contribution in [0.2, 0.25) is 0 Å². The summed E-state index contributed by atoms with van der Waals surface area (Å²) in [6, 6.07) is 8.45. The summed E-state index contributed by atoms with van der Waals surface area (Å²) in [5.74, 6) is -0.843. The van der Waals surface area contributed by atoms with Crippen LogP contribution in [0, 0.1) is 5.92 Å². The molecule has 0 amide bonds. The second kappa shape index (κ2) is 4.19. The van der Waals surface area contributed by atoms with Gasteiger partial charge in [-0.1, -0.05) is 12.1 Å². The van der Waals surface area contributed by atoms with Gasteiger partial charge < -0.3 is 14.9 Å². The minimum atomic E-state index is -0.650. The monoisotopic (exact) mass is 246 g/mol. The summed E-state index contributed by atoms with van der Waals surface area (Å²) < 4.78 is 0. The molecule has 2 aliphatic rings. The molecule has 0 spiro atoms. The predicted octanol–water partition coefficient (Wildman–Crippen LogP) is 1.81. The van der Waals surface area contributed by atoms with Crippen LogP contribution in [0.25, 0.3) is 0 Å². The molecule has 96 valence electrons. The number of likely N-dealkylation sites (N-methyl/N-ethyl adjacent to an activating group) is 1. The summed E-state index contributed by atoms with van der Waals surface area (Å²) in [6.07, 6.45) is 1.81. The Balaban J connectivity index is 1.91. The van der Waals surface area contributed by atoms with Gasteiger partial charge in [0.15, 0.2) is 0 Å². The van der Waals surface area contributed by atoms with Crippen LogP contribution >= 0.6 is 0 Å². The molecular formula is C14H18N2O2. The zero-order chi connectivity index (χ0) is 12.7. The number of para-hydroxylation sites is 2. The lowest BCUT2D eigenvalue weighted by molar-refractivity contribution is -0.145. The smallest absolute Gasteiger partial charge is 0.308 e. The highest BCUT2D eigenvalue weighted by atomic mass is 16.4. The fourth-order valence-electron chi connectivity index (χ4n) is 3.02. The first-order chi connectivity index (χ1) is 8.68. The highest BCUT2D eigenvalue weighted by Gasteiger charge is 2.42. The Morgan fingerprint density at radius 3 is 2.56 bits per heavy atom. The number of benzene rings is 1. The number of carboxylic acid groups (broad SMARTS) is 1. The first-order valence-corrected chi connectivity index (χ1v) is 6.48. The van der Waals surface area contributed by atoms with Gasteiger partial charge in [-0.05, 0) is 25.0 Å². The molecule has 1 N–H and O–H groups in total. The maximum atomic E-state index is 11.2. The van der Waals surface area contributed by atoms with Gasteiger partial charge >= 0.3 is 5.97 Å². The van der Waals surface area contributed by atoms with E-state index in [1.165, 1.54) is 11.4 Å². The number of anilines is 2. The largest absolute Gasteiger partial charge is 0.481 e. The number of hydrogen-bond donors (Lipinski definition) is 1. The van der Waals surface area contributed by atoms with Crippen LogP contribution in [0.15, 0.2) is 24.3 Å². The van der Waals surface area contributed by atoms with Crippen LogP contribution in [0.1, 0.15) is 12.8 Å². The normalized spacial score (nSPS) is 26.5. The molecule has 4 heteroatoms. The molecular weight excluding hydrogens is 228 g/mol. The molecule has 4 nitrogen and oxygen atoms in total. The predicted molar refractivity (Wildman–Crippen MR) is 71.2 cm³/mol. The molecule has 1 aliphatic carbocycles. The molecule has 1 saturated carbocycles. The van der Waals surface area contributed by atoms with Crippen molar-refractivity contribution in [3.8, 4) is 0 Å². The molecule has 3 rings (SSSR count). The maximum Gasteiger partial charge on any atom is 0.308 e.